The minimum atomic E-state index is -1.53. The van der Waals surface area contributed by atoms with Gasteiger partial charge in [0.1, 0.15) is 0 Å². The summed E-state index contributed by atoms with van der Waals surface area (Å²) in [5.74, 6) is -4.34. The predicted octanol–water partition coefficient (Wildman–Crippen LogP) is 3.54. The molecule has 0 aliphatic rings. The van der Waals surface area contributed by atoms with Crippen molar-refractivity contribution in [2.45, 2.75) is 6.42 Å². The Morgan fingerprint density at radius 1 is 0.952 bits per heavy atom. The molecule has 0 fully saturated rings. The van der Waals surface area contributed by atoms with Crippen molar-refractivity contribution < 1.29 is 18.0 Å². The quantitative estimate of drug-likeness (QED) is 0.828. The van der Waals surface area contributed by atoms with Crippen molar-refractivity contribution in [2.75, 3.05) is 17.2 Å². The Morgan fingerprint density at radius 3 is 2.38 bits per heavy atom. The third-order valence-electron chi connectivity index (χ3n) is 2.76. The van der Waals surface area contributed by atoms with E-state index in [9.17, 15) is 18.0 Å². The van der Waals surface area contributed by atoms with Gasteiger partial charge in [-0.25, -0.2) is 13.2 Å². The number of para-hydroxylation sites is 1. The monoisotopic (exact) mass is 294 g/mol. The molecule has 2 N–H and O–H groups in total. The van der Waals surface area contributed by atoms with Crippen molar-refractivity contribution >= 4 is 17.3 Å². The summed E-state index contributed by atoms with van der Waals surface area (Å²) in [7, 11) is 0. The zero-order valence-electron chi connectivity index (χ0n) is 11.0. The molecule has 0 bridgehead atoms. The van der Waals surface area contributed by atoms with Gasteiger partial charge in [0.15, 0.2) is 17.5 Å². The Morgan fingerprint density at radius 2 is 1.67 bits per heavy atom. The topological polar surface area (TPSA) is 41.1 Å². The number of carbonyl (C=O) groups excluding carboxylic acids is 1. The van der Waals surface area contributed by atoms with Gasteiger partial charge in [-0.1, -0.05) is 18.2 Å². The van der Waals surface area contributed by atoms with Crippen molar-refractivity contribution in [2.24, 2.45) is 0 Å². The van der Waals surface area contributed by atoms with E-state index in [0.717, 1.165) is 12.1 Å². The summed E-state index contributed by atoms with van der Waals surface area (Å²) in [4.78, 5) is 11.6. The van der Waals surface area contributed by atoms with Crippen LogP contribution in [0.4, 0.5) is 24.5 Å². The van der Waals surface area contributed by atoms with Crippen LogP contribution < -0.4 is 10.6 Å². The Bertz CT molecular complexity index is 632. The molecule has 0 radical (unpaired) electrons. The summed E-state index contributed by atoms with van der Waals surface area (Å²) in [6.45, 7) is 0.0979. The lowest BCUT2D eigenvalue weighted by Crippen LogP contribution is -2.16. The molecule has 0 aliphatic heterocycles. The first kappa shape index (κ1) is 14.9. The maximum absolute atomic E-state index is 13.4. The van der Waals surface area contributed by atoms with Gasteiger partial charge in [0.2, 0.25) is 5.91 Å². The molecule has 3 nitrogen and oxygen atoms in total. The first-order valence-electron chi connectivity index (χ1n) is 6.30. The van der Waals surface area contributed by atoms with Gasteiger partial charge in [-0.15, -0.1) is 0 Å². The van der Waals surface area contributed by atoms with Gasteiger partial charge in [0.05, 0.1) is 5.69 Å². The molecule has 0 saturated carbocycles. The normalized spacial score (nSPS) is 10.2. The van der Waals surface area contributed by atoms with Gasteiger partial charge >= 0.3 is 0 Å². The molecule has 6 heteroatoms. The molecule has 0 unspecified atom stereocenters. The molecule has 2 aromatic carbocycles. The molecule has 0 aromatic heterocycles. The van der Waals surface area contributed by atoms with Crippen LogP contribution in [0.5, 0.6) is 0 Å². The lowest BCUT2D eigenvalue weighted by Gasteiger charge is -2.09. The molecule has 0 heterocycles. The SMILES string of the molecule is O=C(CCNc1ccc(F)c(F)c1F)Nc1ccccc1. The van der Waals surface area contributed by atoms with Crippen LogP contribution in [-0.4, -0.2) is 12.5 Å². The predicted molar refractivity (Wildman–Crippen MR) is 74.5 cm³/mol. The van der Waals surface area contributed by atoms with Crippen molar-refractivity contribution in [3.63, 3.8) is 0 Å². The highest BCUT2D eigenvalue weighted by Gasteiger charge is 2.13. The van der Waals surface area contributed by atoms with Crippen molar-refractivity contribution in [3.05, 3.63) is 59.9 Å². The van der Waals surface area contributed by atoms with Crippen LogP contribution in [0.1, 0.15) is 6.42 Å². The number of benzene rings is 2. The number of amides is 1. The van der Waals surface area contributed by atoms with Crippen LogP contribution in [0.15, 0.2) is 42.5 Å². The summed E-state index contributed by atoms with van der Waals surface area (Å²) in [5, 5.41) is 5.21. The Balaban J connectivity index is 1.84. The number of halogens is 3. The van der Waals surface area contributed by atoms with E-state index in [1.807, 2.05) is 6.07 Å². The molecule has 110 valence electrons. The van der Waals surface area contributed by atoms with E-state index in [1.165, 1.54) is 0 Å². The van der Waals surface area contributed by atoms with E-state index in [1.54, 1.807) is 24.3 Å². The molecule has 21 heavy (non-hydrogen) atoms. The van der Waals surface area contributed by atoms with E-state index in [2.05, 4.69) is 10.6 Å². The molecule has 1 amide bonds. The average molecular weight is 294 g/mol. The third kappa shape index (κ3) is 3.98. The third-order valence-corrected chi connectivity index (χ3v) is 2.76. The van der Waals surface area contributed by atoms with Crippen LogP contribution in [0.3, 0.4) is 0 Å². The molecule has 2 aromatic rings. The summed E-state index contributed by atoms with van der Waals surface area (Å²) in [6.07, 6.45) is 0.0628. The lowest BCUT2D eigenvalue weighted by atomic mass is 10.2. The zero-order valence-corrected chi connectivity index (χ0v) is 11.0. The highest BCUT2D eigenvalue weighted by Crippen LogP contribution is 2.19. The Kier molecular flexibility index (Phi) is 4.81. The fourth-order valence-corrected chi connectivity index (χ4v) is 1.72. The van der Waals surface area contributed by atoms with Crippen molar-refractivity contribution in [3.8, 4) is 0 Å². The van der Waals surface area contributed by atoms with E-state index in [0.29, 0.717) is 5.69 Å². The van der Waals surface area contributed by atoms with Crippen LogP contribution in [0, 0.1) is 17.5 Å². The molecular formula is C15H13F3N2O. The van der Waals surface area contributed by atoms with Gasteiger partial charge in [0.25, 0.3) is 0 Å². The van der Waals surface area contributed by atoms with E-state index in [4.69, 9.17) is 0 Å². The first-order chi connectivity index (χ1) is 10.1. The number of hydrogen-bond acceptors (Lipinski definition) is 2. The molecule has 0 saturated heterocycles. The van der Waals surface area contributed by atoms with Gasteiger partial charge in [-0.05, 0) is 24.3 Å². The minimum absolute atomic E-state index is 0.0628. The molecule has 0 atom stereocenters. The number of carbonyl (C=O) groups is 1. The molecule has 0 spiro atoms. The van der Waals surface area contributed by atoms with Gasteiger partial charge in [-0.3, -0.25) is 4.79 Å². The second kappa shape index (κ2) is 6.78. The summed E-state index contributed by atoms with van der Waals surface area (Å²) in [5.41, 5.74) is 0.475. The fraction of sp³-hybridized carbons (Fsp3) is 0.133. The Hall–Kier alpha value is -2.50. The number of anilines is 2. The smallest absolute Gasteiger partial charge is 0.226 e. The van der Waals surface area contributed by atoms with Crippen LogP contribution in [-0.2, 0) is 4.79 Å². The van der Waals surface area contributed by atoms with Gasteiger partial charge in [-0.2, -0.15) is 0 Å². The standard InChI is InChI=1S/C15H13F3N2O/c16-11-6-7-12(15(18)14(11)17)19-9-8-13(21)20-10-4-2-1-3-5-10/h1-7,19H,8-9H2,(H,20,21). The number of hydrogen-bond donors (Lipinski definition) is 2. The van der Waals surface area contributed by atoms with Gasteiger partial charge in [0, 0.05) is 18.7 Å². The molecular weight excluding hydrogens is 281 g/mol. The fourth-order valence-electron chi connectivity index (χ4n) is 1.72. The zero-order chi connectivity index (χ0) is 15.2. The second-order valence-corrected chi connectivity index (χ2v) is 4.31. The van der Waals surface area contributed by atoms with Crippen LogP contribution >= 0.6 is 0 Å². The van der Waals surface area contributed by atoms with E-state index >= 15 is 0 Å². The summed E-state index contributed by atoms with van der Waals surface area (Å²) >= 11 is 0. The van der Waals surface area contributed by atoms with E-state index < -0.39 is 17.5 Å². The summed E-state index contributed by atoms with van der Waals surface area (Å²) < 4.78 is 39.1. The highest BCUT2D eigenvalue weighted by atomic mass is 19.2. The second-order valence-electron chi connectivity index (χ2n) is 4.31. The van der Waals surface area contributed by atoms with Crippen molar-refractivity contribution in [1.82, 2.24) is 0 Å². The van der Waals surface area contributed by atoms with Crippen molar-refractivity contribution in [1.29, 1.82) is 0 Å². The summed E-state index contributed by atoms with van der Waals surface area (Å²) in [6, 6.07) is 10.8. The number of nitrogens with one attached hydrogen (secondary N) is 2. The molecule has 0 aliphatic carbocycles. The van der Waals surface area contributed by atoms with Crippen LogP contribution in [0.25, 0.3) is 0 Å². The largest absolute Gasteiger partial charge is 0.382 e. The van der Waals surface area contributed by atoms with E-state index in [-0.39, 0.29) is 24.6 Å². The molecule has 2 rings (SSSR count). The lowest BCUT2D eigenvalue weighted by molar-refractivity contribution is -0.115. The first-order valence-corrected chi connectivity index (χ1v) is 6.30. The maximum Gasteiger partial charge on any atom is 0.226 e. The minimum Gasteiger partial charge on any atom is -0.382 e. The Labute approximate surface area is 119 Å². The van der Waals surface area contributed by atoms with Crippen LogP contribution in [0.2, 0.25) is 0 Å². The maximum atomic E-state index is 13.4. The van der Waals surface area contributed by atoms with Gasteiger partial charge < -0.3 is 10.6 Å². The number of rotatable bonds is 5. The highest BCUT2D eigenvalue weighted by molar-refractivity contribution is 5.90. The average Bonchev–Trinajstić information content (AvgIpc) is 2.48.